The Bertz CT molecular complexity index is 1190. The average Bonchev–Trinajstić information content (AvgIpc) is 3.42. The number of fused-ring (bicyclic) bond motifs is 1. The molecule has 0 aromatic heterocycles. The average molecular weight is 511 g/mol. The Morgan fingerprint density at radius 2 is 1.34 bits per heavy atom. The Hall–Kier alpha value is -3.47. The van der Waals surface area contributed by atoms with Gasteiger partial charge >= 0.3 is 0 Å². The van der Waals surface area contributed by atoms with Gasteiger partial charge in [-0.1, -0.05) is 91.0 Å². The van der Waals surface area contributed by atoms with Crippen LogP contribution in [0.25, 0.3) is 0 Å². The van der Waals surface area contributed by atoms with Crippen LogP contribution < -0.4 is 0 Å². The second-order valence-corrected chi connectivity index (χ2v) is 10.4. The highest BCUT2D eigenvalue weighted by Crippen LogP contribution is 2.44. The number of nitrogens with zero attached hydrogens (tertiary/aromatic N) is 2. The molecule has 0 aliphatic carbocycles. The first-order valence-corrected chi connectivity index (χ1v) is 12.9. The summed E-state index contributed by atoms with van der Waals surface area (Å²) in [4.78, 5) is 1.84. The number of benzene rings is 3. The van der Waals surface area contributed by atoms with Crippen LogP contribution in [-0.2, 0) is 24.5 Å². The molecule has 0 amide bonds. The third kappa shape index (κ3) is 4.99. The van der Waals surface area contributed by atoms with Crippen molar-refractivity contribution in [2.24, 2.45) is 0 Å². The fraction of sp³-hybridized carbons (Fsp3) is 0.344. The molecule has 0 bridgehead atoms. The van der Waals surface area contributed by atoms with E-state index in [1.54, 1.807) is 6.20 Å². The van der Waals surface area contributed by atoms with Crippen LogP contribution in [0.5, 0.6) is 0 Å². The van der Waals surface area contributed by atoms with E-state index in [1.165, 1.54) is 0 Å². The zero-order valence-electron chi connectivity index (χ0n) is 22.3. The van der Waals surface area contributed by atoms with Crippen molar-refractivity contribution in [2.75, 3.05) is 20.7 Å². The van der Waals surface area contributed by atoms with Gasteiger partial charge in [0.2, 0.25) is 0 Å². The third-order valence-corrected chi connectivity index (χ3v) is 6.99. The lowest BCUT2D eigenvalue weighted by molar-refractivity contribution is -0.191. The largest absolute Gasteiger partial charge is 0.383 e. The van der Waals surface area contributed by atoms with E-state index in [0.717, 1.165) is 16.7 Å². The van der Waals surface area contributed by atoms with Gasteiger partial charge in [0.05, 0.1) is 18.2 Å². The van der Waals surface area contributed by atoms with E-state index >= 15 is 0 Å². The van der Waals surface area contributed by atoms with Crippen molar-refractivity contribution < 1.29 is 18.9 Å². The van der Waals surface area contributed by atoms with E-state index in [2.05, 4.69) is 42.5 Å². The van der Waals surface area contributed by atoms with Gasteiger partial charge in [0, 0.05) is 20.3 Å². The monoisotopic (exact) mass is 510 g/mol. The molecule has 0 N–H and O–H groups in total. The fourth-order valence-corrected chi connectivity index (χ4v) is 5.49. The number of hydrogen-bond donors (Lipinski definition) is 0. The first-order valence-electron chi connectivity index (χ1n) is 12.9. The van der Waals surface area contributed by atoms with Crippen LogP contribution in [0.15, 0.2) is 103 Å². The SMILES string of the molecule is CN(C)C=C(C#N)[C@H]1O[C@H](COC(c2ccccc2)(c2ccccc2)c2ccccc2)[C@H]2OC(C)(C)O[C@H]21. The summed E-state index contributed by atoms with van der Waals surface area (Å²) in [6, 6.07) is 33.0. The molecule has 5 rings (SSSR count). The summed E-state index contributed by atoms with van der Waals surface area (Å²) in [5, 5.41) is 9.92. The molecule has 0 unspecified atom stereocenters. The predicted molar refractivity (Wildman–Crippen MR) is 145 cm³/mol. The predicted octanol–water partition coefficient (Wildman–Crippen LogP) is 5.25. The Morgan fingerprint density at radius 3 is 1.79 bits per heavy atom. The molecule has 4 atom stereocenters. The van der Waals surface area contributed by atoms with Crippen LogP contribution in [0.3, 0.4) is 0 Å². The van der Waals surface area contributed by atoms with E-state index < -0.39 is 29.7 Å². The lowest BCUT2D eigenvalue weighted by Gasteiger charge is -2.37. The molecule has 0 saturated carbocycles. The fourth-order valence-electron chi connectivity index (χ4n) is 5.49. The van der Waals surface area contributed by atoms with Crippen LogP contribution in [-0.4, -0.2) is 55.8 Å². The lowest BCUT2D eigenvalue weighted by Crippen LogP contribution is -2.39. The van der Waals surface area contributed by atoms with E-state index in [-0.39, 0.29) is 12.7 Å². The van der Waals surface area contributed by atoms with Gasteiger partial charge < -0.3 is 23.8 Å². The van der Waals surface area contributed by atoms with Crippen molar-refractivity contribution in [1.29, 1.82) is 5.26 Å². The second-order valence-electron chi connectivity index (χ2n) is 10.4. The topological polar surface area (TPSA) is 64.0 Å². The van der Waals surface area contributed by atoms with Gasteiger partial charge in [0.25, 0.3) is 0 Å². The molecule has 38 heavy (non-hydrogen) atoms. The van der Waals surface area contributed by atoms with Crippen molar-refractivity contribution in [3.63, 3.8) is 0 Å². The van der Waals surface area contributed by atoms with E-state index in [0.29, 0.717) is 5.57 Å². The molecule has 0 radical (unpaired) electrons. The molecule has 6 nitrogen and oxygen atoms in total. The highest BCUT2D eigenvalue weighted by molar-refractivity contribution is 5.47. The maximum Gasteiger partial charge on any atom is 0.164 e. The molecular formula is C32H34N2O4. The van der Waals surface area contributed by atoms with E-state index in [4.69, 9.17) is 18.9 Å². The number of hydrogen-bond acceptors (Lipinski definition) is 6. The van der Waals surface area contributed by atoms with Gasteiger partial charge in [-0.05, 0) is 30.5 Å². The molecule has 2 aliphatic heterocycles. The highest BCUT2D eigenvalue weighted by atomic mass is 16.8. The van der Waals surface area contributed by atoms with Crippen LogP contribution in [0.4, 0.5) is 0 Å². The standard InChI is InChI=1S/C32H34N2O4/c1-31(2)37-29-27(36-28(30(29)38-31)23(20-33)21-34(3)4)22-35-32(24-14-8-5-9-15-24,25-16-10-6-11-17-25)26-18-12-7-13-19-26/h5-19,21,27-30H,22H2,1-4H3/t27-,28-,29-,30+/m1/s1. The van der Waals surface area contributed by atoms with Crippen LogP contribution in [0.1, 0.15) is 30.5 Å². The van der Waals surface area contributed by atoms with Gasteiger partial charge in [-0.2, -0.15) is 5.26 Å². The summed E-state index contributed by atoms with van der Waals surface area (Å²) in [6.07, 6.45) is -0.0107. The molecule has 196 valence electrons. The quantitative estimate of drug-likeness (QED) is 0.305. The van der Waals surface area contributed by atoms with Crippen molar-refractivity contribution in [3.05, 3.63) is 119 Å². The van der Waals surface area contributed by atoms with Gasteiger partial charge in [-0.15, -0.1) is 0 Å². The molecule has 2 aliphatic rings. The van der Waals surface area contributed by atoms with Crippen molar-refractivity contribution in [3.8, 4) is 6.07 Å². The third-order valence-electron chi connectivity index (χ3n) is 6.99. The second kappa shape index (κ2) is 10.7. The van der Waals surface area contributed by atoms with E-state index in [1.807, 2.05) is 87.4 Å². The highest BCUT2D eigenvalue weighted by Gasteiger charge is 2.56. The number of rotatable bonds is 8. The summed E-state index contributed by atoms with van der Waals surface area (Å²) >= 11 is 0. The first kappa shape index (κ1) is 26.1. The normalized spacial score (nSPS) is 24.6. The number of nitriles is 1. The molecule has 2 saturated heterocycles. The molecular weight excluding hydrogens is 476 g/mol. The Balaban J connectivity index is 1.55. The summed E-state index contributed by atoms with van der Waals surface area (Å²) < 4.78 is 26.1. The van der Waals surface area contributed by atoms with Crippen LogP contribution in [0.2, 0.25) is 0 Å². The zero-order chi connectivity index (χ0) is 26.8. The van der Waals surface area contributed by atoms with E-state index in [9.17, 15) is 5.26 Å². The van der Waals surface area contributed by atoms with Crippen molar-refractivity contribution in [1.82, 2.24) is 4.90 Å². The summed E-state index contributed by atoms with van der Waals surface area (Å²) in [6.45, 7) is 4.02. The molecule has 0 spiro atoms. The van der Waals surface area contributed by atoms with Crippen LogP contribution >= 0.6 is 0 Å². The van der Waals surface area contributed by atoms with Gasteiger partial charge in [-0.3, -0.25) is 0 Å². The maximum atomic E-state index is 9.92. The smallest absolute Gasteiger partial charge is 0.164 e. The van der Waals surface area contributed by atoms with Crippen molar-refractivity contribution >= 4 is 0 Å². The Morgan fingerprint density at radius 1 is 0.868 bits per heavy atom. The van der Waals surface area contributed by atoms with Crippen molar-refractivity contribution in [2.45, 2.75) is 49.7 Å². The first-order chi connectivity index (χ1) is 18.3. The molecule has 6 heteroatoms. The molecule has 2 heterocycles. The number of ether oxygens (including phenoxy) is 4. The van der Waals surface area contributed by atoms with Crippen LogP contribution in [0, 0.1) is 11.3 Å². The van der Waals surface area contributed by atoms with Gasteiger partial charge in [0.15, 0.2) is 5.79 Å². The Kier molecular flexibility index (Phi) is 7.38. The Labute approximate surface area is 225 Å². The lowest BCUT2D eigenvalue weighted by atomic mass is 9.80. The molecule has 3 aromatic rings. The van der Waals surface area contributed by atoms with Gasteiger partial charge in [0.1, 0.15) is 30.0 Å². The summed E-state index contributed by atoms with van der Waals surface area (Å²) in [5.41, 5.74) is 2.65. The minimum atomic E-state index is -0.882. The maximum absolute atomic E-state index is 9.92. The van der Waals surface area contributed by atoms with Gasteiger partial charge in [-0.25, -0.2) is 0 Å². The minimum Gasteiger partial charge on any atom is -0.383 e. The molecule has 3 aromatic carbocycles. The summed E-state index contributed by atoms with van der Waals surface area (Å²) in [5.74, 6) is -0.788. The minimum absolute atomic E-state index is 0.233. The zero-order valence-corrected chi connectivity index (χ0v) is 22.3. The molecule has 2 fully saturated rings. The summed E-state index contributed by atoms with van der Waals surface area (Å²) in [7, 11) is 3.77.